The van der Waals surface area contributed by atoms with Gasteiger partial charge >= 0.3 is 0 Å². The molecule has 0 spiro atoms. The molecule has 1 amide bonds. The summed E-state index contributed by atoms with van der Waals surface area (Å²) in [6.07, 6.45) is 0. The first-order chi connectivity index (χ1) is 8.44. The highest BCUT2D eigenvalue weighted by molar-refractivity contribution is 5.85. The van der Waals surface area contributed by atoms with Crippen molar-refractivity contribution in [2.24, 2.45) is 5.73 Å². The highest BCUT2D eigenvalue weighted by Crippen LogP contribution is 2.21. The van der Waals surface area contributed by atoms with Gasteiger partial charge in [0.05, 0.1) is 0 Å². The zero-order valence-electron chi connectivity index (χ0n) is 11.7. The molecule has 100 valence electrons. The minimum Gasteiger partial charge on any atom is -0.369 e. The third kappa shape index (κ3) is 3.01. The summed E-state index contributed by atoms with van der Waals surface area (Å²) in [7, 11) is 1.76. The Labute approximate surface area is 109 Å². The number of likely N-dealkylation sites (N-methyl/N-ethyl adjacent to an activating group) is 2. The van der Waals surface area contributed by atoms with Gasteiger partial charge in [-0.3, -0.25) is 4.79 Å². The smallest absolute Gasteiger partial charge is 0.239 e. The molecule has 0 radical (unpaired) electrons. The van der Waals surface area contributed by atoms with E-state index in [2.05, 4.69) is 36.2 Å². The zero-order chi connectivity index (χ0) is 13.8. The molecular formula is C14H23N3O. The predicted octanol–water partition coefficient (Wildman–Crippen LogP) is 1.28. The van der Waals surface area contributed by atoms with Crippen molar-refractivity contribution in [2.75, 3.05) is 25.0 Å². The van der Waals surface area contributed by atoms with Crippen LogP contribution in [0.15, 0.2) is 24.3 Å². The topological polar surface area (TPSA) is 58.4 Å². The van der Waals surface area contributed by atoms with E-state index in [4.69, 9.17) is 5.73 Å². The van der Waals surface area contributed by atoms with Crippen molar-refractivity contribution in [3.8, 4) is 0 Å². The number of carbonyl (C=O) groups excluding carboxylic acids is 1. The second-order valence-electron chi connectivity index (χ2n) is 4.75. The maximum absolute atomic E-state index is 11.6. The molecule has 4 heteroatoms. The molecule has 0 aromatic heterocycles. The maximum Gasteiger partial charge on any atom is 0.239 e. The quantitative estimate of drug-likeness (QED) is 0.798. The van der Waals surface area contributed by atoms with E-state index in [0.29, 0.717) is 6.54 Å². The Kier molecular flexibility index (Phi) is 4.73. The van der Waals surface area contributed by atoms with Gasteiger partial charge in [0.2, 0.25) is 5.91 Å². The van der Waals surface area contributed by atoms with Gasteiger partial charge in [-0.2, -0.15) is 0 Å². The van der Waals surface area contributed by atoms with Crippen molar-refractivity contribution in [3.63, 3.8) is 0 Å². The van der Waals surface area contributed by atoms with Crippen LogP contribution in [-0.2, 0) is 4.79 Å². The van der Waals surface area contributed by atoms with Crippen LogP contribution in [0.3, 0.4) is 0 Å². The summed E-state index contributed by atoms with van der Waals surface area (Å²) in [4.78, 5) is 13.7. The van der Waals surface area contributed by atoms with Crippen molar-refractivity contribution in [3.05, 3.63) is 29.8 Å². The molecule has 1 unspecified atom stereocenters. The molecule has 0 aliphatic rings. The van der Waals surface area contributed by atoms with Gasteiger partial charge in [-0.1, -0.05) is 18.2 Å². The van der Waals surface area contributed by atoms with Crippen LogP contribution in [0.4, 0.5) is 5.69 Å². The number of hydrogen-bond acceptors (Lipinski definition) is 3. The second-order valence-corrected chi connectivity index (χ2v) is 4.75. The van der Waals surface area contributed by atoms with Gasteiger partial charge in [0.15, 0.2) is 0 Å². The van der Waals surface area contributed by atoms with E-state index < -0.39 is 5.54 Å². The van der Waals surface area contributed by atoms with E-state index in [1.54, 1.807) is 7.05 Å². The van der Waals surface area contributed by atoms with E-state index in [1.165, 1.54) is 5.56 Å². The van der Waals surface area contributed by atoms with Gasteiger partial charge in [-0.25, -0.2) is 0 Å². The van der Waals surface area contributed by atoms with Crippen LogP contribution in [-0.4, -0.2) is 31.6 Å². The average molecular weight is 249 g/mol. The van der Waals surface area contributed by atoms with E-state index in [-0.39, 0.29) is 5.91 Å². The second kappa shape index (κ2) is 5.87. The van der Waals surface area contributed by atoms with Crippen LogP contribution < -0.4 is 16.0 Å². The molecule has 0 bridgehead atoms. The maximum atomic E-state index is 11.6. The number of amides is 1. The molecule has 18 heavy (non-hydrogen) atoms. The zero-order valence-corrected chi connectivity index (χ0v) is 11.7. The van der Waals surface area contributed by atoms with Gasteiger partial charge in [0.1, 0.15) is 5.54 Å². The number of nitrogens with two attached hydrogens (primary N) is 1. The number of carbonyl (C=O) groups is 1. The predicted molar refractivity (Wildman–Crippen MR) is 75.7 cm³/mol. The highest BCUT2D eigenvalue weighted by atomic mass is 16.1. The van der Waals surface area contributed by atoms with E-state index in [0.717, 1.165) is 12.2 Å². The number of nitrogens with one attached hydrogen (secondary N) is 1. The molecule has 1 aromatic carbocycles. The number of para-hydroxylation sites is 1. The summed E-state index contributed by atoms with van der Waals surface area (Å²) >= 11 is 0. The van der Waals surface area contributed by atoms with Crippen molar-refractivity contribution in [2.45, 2.75) is 26.3 Å². The summed E-state index contributed by atoms with van der Waals surface area (Å²) in [6, 6.07) is 8.15. The molecule has 1 atom stereocenters. The third-order valence-corrected chi connectivity index (χ3v) is 3.44. The molecule has 1 rings (SSSR count). The Morgan fingerprint density at radius 3 is 2.50 bits per heavy atom. The number of primary amides is 1. The Morgan fingerprint density at radius 1 is 1.44 bits per heavy atom. The molecular weight excluding hydrogens is 226 g/mol. The number of aryl methyl sites for hydroxylation is 1. The molecule has 3 N–H and O–H groups in total. The fourth-order valence-electron chi connectivity index (χ4n) is 1.95. The first-order valence-corrected chi connectivity index (χ1v) is 6.24. The van der Waals surface area contributed by atoms with Crippen molar-refractivity contribution in [1.82, 2.24) is 5.32 Å². The average Bonchev–Trinajstić information content (AvgIpc) is 2.36. The number of benzene rings is 1. The molecule has 0 heterocycles. The van der Waals surface area contributed by atoms with E-state index in [1.807, 2.05) is 19.1 Å². The molecule has 0 saturated heterocycles. The molecule has 1 aromatic rings. The summed E-state index contributed by atoms with van der Waals surface area (Å²) in [5, 5.41) is 3.02. The van der Waals surface area contributed by atoms with E-state index >= 15 is 0 Å². The fourth-order valence-corrected chi connectivity index (χ4v) is 1.95. The highest BCUT2D eigenvalue weighted by Gasteiger charge is 2.31. The van der Waals surface area contributed by atoms with Crippen LogP contribution in [0.5, 0.6) is 0 Å². The number of anilines is 1. The number of rotatable bonds is 6. The summed E-state index contributed by atoms with van der Waals surface area (Å²) in [5.41, 5.74) is 7.09. The monoisotopic (exact) mass is 249 g/mol. The van der Waals surface area contributed by atoms with Gasteiger partial charge in [0, 0.05) is 18.8 Å². The van der Waals surface area contributed by atoms with Crippen LogP contribution in [0.2, 0.25) is 0 Å². The normalized spacial score (nSPS) is 14.0. The van der Waals surface area contributed by atoms with Gasteiger partial charge in [-0.05, 0) is 39.4 Å². The minimum absolute atomic E-state index is 0.336. The molecule has 0 aliphatic carbocycles. The molecule has 0 saturated carbocycles. The molecule has 4 nitrogen and oxygen atoms in total. The van der Waals surface area contributed by atoms with Crippen LogP contribution in [0, 0.1) is 6.92 Å². The number of nitrogens with zero attached hydrogens (tertiary/aromatic N) is 1. The lowest BCUT2D eigenvalue weighted by atomic mass is 10.00. The Morgan fingerprint density at radius 2 is 2.06 bits per heavy atom. The Balaban J connectivity index is 2.99. The summed E-state index contributed by atoms with van der Waals surface area (Å²) in [6.45, 7) is 7.36. The van der Waals surface area contributed by atoms with Gasteiger partial charge < -0.3 is 16.0 Å². The standard InChI is InChI=1S/C14H23N3O/c1-5-17(10-14(3,16-4)13(15)18)12-9-7-6-8-11(12)2/h6-9,16H,5,10H2,1-4H3,(H2,15,18). The lowest BCUT2D eigenvalue weighted by Crippen LogP contribution is -2.58. The van der Waals surface area contributed by atoms with Gasteiger partial charge in [0.25, 0.3) is 0 Å². The third-order valence-electron chi connectivity index (χ3n) is 3.44. The fraction of sp³-hybridized carbons (Fsp3) is 0.500. The first kappa shape index (κ1) is 14.5. The largest absolute Gasteiger partial charge is 0.369 e. The molecule has 0 fully saturated rings. The summed E-state index contributed by atoms with van der Waals surface area (Å²) < 4.78 is 0. The summed E-state index contributed by atoms with van der Waals surface area (Å²) in [5.74, 6) is -0.336. The van der Waals surface area contributed by atoms with E-state index in [9.17, 15) is 4.79 Å². The van der Waals surface area contributed by atoms with Gasteiger partial charge in [-0.15, -0.1) is 0 Å². The lowest BCUT2D eigenvalue weighted by Gasteiger charge is -2.34. The van der Waals surface area contributed by atoms with Crippen molar-refractivity contribution < 1.29 is 4.79 Å². The Hall–Kier alpha value is -1.55. The molecule has 0 aliphatic heterocycles. The lowest BCUT2D eigenvalue weighted by molar-refractivity contribution is -0.123. The minimum atomic E-state index is -0.724. The van der Waals surface area contributed by atoms with Crippen LogP contribution in [0.1, 0.15) is 19.4 Å². The number of hydrogen-bond donors (Lipinski definition) is 2. The van der Waals surface area contributed by atoms with Crippen molar-refractivity contribution in [1.29, 1.82) is 0 Å². The SMILES string of the molecule is CCN(CC(C)(NC)C(N)=O)c1ccccc1C. The Bertz CT molecular complexity index is 419. The van der Waals surface area contributed by atoms with Crippen LogP contribution >= 0.6 is 0 Å². The van der Waals surface area contributed by atoms with Crippen LogP contribution in [0.25, 0.3) is 0 Å². The first-order valence-electron chi connectivity index (χ1n) is 6.24. The van der Waals surface area contributed by atoms with Crippen molar-refractivity contribution >= 4 is 11.6 Å².